The molecule has 0 aromatic rings. The van der Waals surface area contributed by atoms with E-state index >= 15 is 0 Å². The summed E-state index contributed by atoms with van der Waals surface area (Å²) < 4.78 is 9.75. The monoisotopic (exact) mass is 254 g/mol. The molecule has 0 spiro atoms. The van der Waals surface area contributed by atoms with Crippen LogP contribution in [0.1, 0.15) is 20.3 Å². The van der Waals surface area contributed by atoms with Gasteiger partial charge in [0.2, 0.25) is 0 Å². The summed E-state index contributed by atoms with van der Waals surface area (Å²) >= 11 is 0. The second-order valence-corrected chi connectivity index (χ2v) is 3.96. The summed E-state index contributed by atoms with van der Waals surface area (Å²) in [6, 6.07) is 0. The lowest BCUT2D eigenvalue weighted by Crippen LogP contribution is -2.19. The first kappa shape index (κ1) is 19.1. The van der Waals surface area contributed by atoms with Crippen molar-refractivity contribution >= 4 is 0 Å². The molecule has 0 fully saturated rings. The van der Waals surface area contributed by atoms with E-state index in [9.17, 15) is 0 Å². The van der Waals surface area contributed by atoms with Gasteiger partial charge in [-0.05, 0) is 20.3 Å². The first-order valence-corrected chi connectivity index (χ1v) is 5.68. The van der Waals surface area contributed by atoms with Crippen LogP contribution in [0.3, 0.4) is 0 Å². The van der Waals surface area contributed by atoms with E-state index in [1.54, 1.807) is 13.8 Å². The number of aliphatic hydroxyl groups excluding tert-OH is 3. The molecule has 0 atom stereocenters. The van der Waals surface area contributed by atoms with Crippen molar-refractivity contribution < 1.29 is 29.9 Å². The molecule has 6 heteroatoms. The topological polar surface area (TPSA) is 99.4 Å². The number of ether oxygens (including phenoxy) is 2. The maximum Gasteiger partial charge on any atom is 0.0701 e. The summed E-state index contributed by atoms with van der Waals surface area (Å²) in [6.45, 7) is 5.13. The van der Waals surface area contributed by atoms with Crippen LogP contribution in [0.15, 0.2) is 0 Å². The zero-order chi connectivity index (χ0) is 13.6. The minimum absolute atomic E-state index is 0.0417. The Hall–Kier alpha value is -0.240. The molecule has 0 aliphatic heterocycles. The molecule has 0 amide bonds. The largest absolute Gasteiger partial charge is 0.396 e. The lowest BCUT2D eigenvalue weighted by atomic mass is 10.1. The lowest BCUT2D eigenvalue weighted by molar-refractivity contribution is 0.0222. The molecule has 0 saturated heterocycles. The Kier molecular flexibility index (Phi) is 15.5. The number of hydrogen-bond donors (Lipinski definition) is 4. The van der Waals surface area contributed by atoms with Crippen molar-refractivity contribution in [2.24, 2.45) is 0 Å². The maximum atomic E-state index is 8.86. The van der Waals surface area contributed by atoms with Crippen molar-refractivity contribution in [3.8, 4) is 0 Å². The van der Waals surface area contributed by atoms with Crippen molar-refractivity contribution in [2.45, 2.75) is 25.9 Å². The number of rotatable bonds is 9. The van der Waals surface area contributed by atoms with Gasteiger partial charge in [-0.1, -0.05) is 0 Å². The van der Waals surface area contributed by atoms with Gasteiger partial charge >= 0.3 is 0 Å². The summed E-state index contributed by atoms with van der Waals surface area (Å²) in [5.74, 6) is 0. The van der Waals surface area contributed by atoms with E-state index in [0.717, 1.165) is 0 Å². The molecule has 17 heavy (non-hydrogen) atoms. The van der Waals surface area contributed by atoms with Crippen LogP contribution in [0.5, 0.6) is 0 Å². The Morgan fingerprint density at radius 2 is 1.18 bits per heavy atom. The van der Waals surface area contributed by atoms with Gasteiger partial charge in [0.15, 0.2) is 0 Å². The number of aliphatic hydroxyl groups is 4. The Labute approximate surface area is 103 Å². The smallest absolute Gasteiger partial charge is 0.0701 e. The third-order valence-corrected chi connectivity index (χ3v) is 1.57. The molecule has 0 saturated carbocycles. The minimum atomic E-state index is -0.700. The zero-order valence-corrected chi connectivity index (χ0v) is 10.8. The molecule has 0 radical (unpaired) electrons. The third-order valence-electron chi connectivity index (χ3n) is 1.57. The van der Waals surface area contributed by atoms with Gasteiger partial charge in [0, 0.05) is 6.61 Å². The molecule has 0 unspecified atom stereocenters. The summed E-state index contributed by atoms with van der Waals surface area (Å²) in [7, 11) is 0. The first-order valence-electron chi connectivity index (χ1n) is 5.68. The molecular formula is C11H26O6. The highest BCUT2D eigenvalue weighted by Gasteiger charge is 2.09. The Morgan fingerprint density at radius 3 is 1.35 bits per heavy atom. The standard InChI is InChI=1S/C6H14O4.C5H12O2/c7-1-3-9-5-6-10-4-2-8;1-5(2,7)3-4-6/h7-8H,1-6H2;6-7H,3-4H2,1-2H3. The number of hydrogen-bond acceptors (Lipinski definition) is 6. The molecule has 6 nitrogen and oxygen atoms in total. The molecule has 0 aromatic carbocycles. The van der Waals surface area contributed by atoms with Crippen LogP contribution in [0.2, 0.25) is 0 Å². The van der Waals surface area contributed by atoms with E-state index in [1.807, 2.05) is 0 Å². The highest BCUT2D eigenvalue weighted by molar-refractivity contribution is 4.62. The van der Waals surface area contributed by atoms with Gasteiger partial charge in [-0.3, -0.25) is 0 Å². The second-order valence-electron chi connectivity index (χ2n) is 3.96. The molecule has 0 rings (SSSR count). The second kappa shape index (κ2) is 13.8. The summed E-state index contributed by atoms with van der Waals surface area (Å²) in [5, 5.41) is 33.6. The summed E-state index contributed by atoms with van der Waals surface area (Å²) in [5.41, 5.74) is -0.700. The van der Waals surface area contributed by atoms with Crippen molar-refractivity contribution in [1.82, 2.24) is 0 Å². The highest BCUT2D eigenvalue weighted by Crippen LogP contribution is 2.04. The van der Waals surface area contributed by atoms with Crippen molar-refractivity contribution in [3.63, 3.8) is 0 Å². The molecule has 106 valence electrons. The van der Waals surface area contributed by atoms with Gasteiger partial charge in [0.05, 0.1) is 45.2 Å². The van der Waals surface area contributed by atoms with E-state index in [4.69, 9.17) is 29.9 Å². The van der Waals surface area contributed by atoms with Gasteiger partial charge in [0.1, 0.15) is 0 Å². The van der Waals surface area contributed by atoms with Crippen LogP contribution in [0, 0.1) is 0 Å². The molecular weight excluding hydrogens is 228 g/mol. The van der Waals surface area contributed by atoms with Crippen LogP contribution in [0.25, 0.3) is 0 Å². The van der Waals surface area contributed by atoms with E-state index in [0.29, 0.717) is 32.8 Å². The average Bonchev–Trinajstić information content (AvgIpc) is 2.22. The van der Waals surface area contributed by atoms with Crippen LogP contribution in [-0.2, 0) is 9.47 Å². The molecule has 0 aliphatic carbocycles. The van der Waals surface area contributed by atoms with Crippen LogP contribution < -0.4 is 0 Å². The van der Waals surface area contributed by atoms with E-state index in [2.05, 4.69) is 0 Å². The van der Waals surface area contributed by atoms with Crippen molar-refractivity contribution in [3.05, 3.63) is 0 Å². The fraction of sp³-hybridized carbons (Fsp3) is 1.00. The van der Waals surface area contributed by atoms with E-state index in [-0.39, 0.29) is 19.8 Å². The Balaban J connectivity index is 0. The summed E-state index contributed by atoms with van der Waals surface area (Å²) in [4.78, 5) is 0. The quantitative estimate of drug-likeness (QED) is 0.400. The van der Waals surface area contributed by atoms with Crippen LogP contribution >= 0.6 is 0 Å². The van der Waals surface area contributed by atoms with E-state index in [1.165, 1.54) is 0 Å². The van der Waals surface area contributed by atoms with Crippen molar-refractivity contribution in [1.29, 1.82) is 0 Å². The minimum Gasteiger partial charge on any atom is -0.396 e. The zero-order valence-electron chi connectivity index (χ0n) is 10.8. The Morgan fingerprint density at radius 1 is 0.765 bits per heavy atom. The average molecular weight is 254 g/mol. The summed E-state index contributed by atoms with van der Waals surface area (Å²) in [6.07, 6.45) is 0.451. The lowest BCUT2D eigenvalue weighted by Gasteiger charge is -2.13. The normalized spacial score (nSPS) is 10.9. The van der Waals surface area contributed by atoms with Gasteiger partial charge in [-0.15, -0.1) is 0 Å². The predicted octanol–water partition coefficient (Wildman–Crippen LogP) is -0.856. The highest BCUT2D eigenvalue weighted by atomic mass is 16.5. The first-order chi connectivity index (χ1) is 7.97. The molecule has 0 aromatic heterocycles. The van der Waals surface area contributed by atoms with Gasteiger partial charge in [-0.25, -0.2) is 0 Å². The van der Waals surface area contributed by atoms with E-state index < -0.39 is 5.60 Å². The molecule has 0 heterocycles. The third kappa shape index (κ3) is 25.8. The van der Waals surface area contributed by atoms with Gasteiger partial charge in [0.25, 0.3) is 0 Å². The Bertz CT molecular complexity index is 126. The van der Waals surface area contributed by atoms with Crippen LogP contribution in [0.4, 0.5) is 0 Å². The predicted molar refractivity (Wildman–Crippen MR) is 63.8 cm³/mol. The molecule has 4 N–H and O–H groups in total. The molecule has 0 bridgehead atoms. The fourth-order valence-corrected chi connectivity index (χ4v) is 0.725. The van der Waals surface area contributed by atoms with Gasteiger partial charge < -0.3 is 29.9 Å². The molecule has 0 aliphatic rings. The maximum absolute atomic E-state index is 8.86. The SMILES string of the molecule is CC(C)(O)CCO.OCCOCCOCCO. The van der Waals surface area contributed by atoms with Gasteiger partial charge in [-0.2, -0.15) is 0 Å². The van der Waals surface area contributed by atoms with Crippen LogP contribution in [-0.4, -0.2) is 72.3 Å². The fourth-order valence-electron chi connectivity index (χ4n) is 0.725. The van der Waals surface area contributed by atoms with Crippen molar-refractivity contribution in [2.75, 3.05) is 46.2 Å².